The summed E-state index contributed by atoms with van der Waals surface area (Å²) in [6.45, 7) is 2.67. The van der Waals surface area contributed by atoms with E-state index in [1.54, 1.807) is 11.3 Å². The lowest BCUT2D eigenvalue weighted by Gasteiger charge is -2.15. The van der Waals surface area contributed by atoms with Crippen LogP contribution in [0.4, 0.5) is 0 Å². The lowest BCUT2D eigenvalue weighted by Crippen LogP contribution is -2.04. The number of carboxylic acids is 1. The quantitative estimate of drug-likeness (QED) is 0.422. The van der Waals surface area contributed by atoms with Crippen LogP contribution in [0.1, 0.15) is 61.1 Å². The van der Waals surface area contributed by atoms with Crippen molar-refractivity contribution in [2.75, 3.05) is 6.61 Å². The van der Waals surface area contributed by atoms with Gasteiger partial charge in [0.1, 0.15) is 12.4 Å². The van der Waals surface area contributed by atoms with Gasteiger partial charge in [0, 0.05) is 6.42 Å². The van der Waals surface area contributed by atoms with E-state index in [1.165, 1.54) is 40.7 Å². The van der Waals surface area contributed by atoms with Gasteiger partial charge in [0.15, 0.2) is 0 Å². The van der Waals surface area contributed by atoms with Crippen LogP contribution in [0.5, 0.6) is 5.75 Å². The second-order valence-electron chi connectivity index (χ2n) is 8.24. The van der Waals surface area contributed by atoms with Crippen molar-refractivity contribution in [1.29, 1.82) is 0 Å². The minimum atomic E-state index is -0.739. The molecule has 1 N–H and O–H groups in total. The van der Waals surface area contributed by atoms with E-state index in [0.717, 1.165) is 41.1 Å². The van der Waals surface area contributed by atoms with Gasteiger partial charge in [-0.1, -0.05) is 24.6 Å². The fourth-order valence-electron chi connectivity index (χ4n) is 4.25. The maximum absolute atomic E-state index is 10.7. The van der Waals surface area contributed by atoms with Crippen molar-refractivity contribution < 1.29 is 14.6 Å². The van der Waals surface area contributed by atoms with Gasteiger partial charge in [-0.15, -0.1) is 11.3 Å². The minimum Gasteiger partial charge on any atom is -0.489 e. The smallest absolute Gasteiger partial charge is 0.303 e. The Labute approximate surface area is 187 Å². The number of benzene rings is 2. The SMILES string of the molecule is Cc1nc2cc(C3=C(COc4ccc(CCCC(=O)O)cc4)CCCCC3)ccc2s1. The third-order valence-corrected chi connectivity index (χ3v) is 6.82. The fourth-order valence-corrected chi connectivity index (χ4v) is 5.06. The van der Waals surface area contributed by atoms with Crippen molar-refractivity contribution in [3.63, 3.8) is 0 Å². The van der Waals surface area contributed by atoms with Gasteiger partial charge < -0.3 is 9.84 Å². The predicted octanol–water partition coefficient (Wildman–Crippen LogP) is 6.81. The van der Waals surface area contributed by atoms with E-state index in [1.807, 2.05) is 24.3 Å². The van der Waals surface area contributed by atoms with Gasteiger partial charge in [0.25, 0.3) is 0 Å². The molecule has 1 aliphatic carbocycles. The van der Waals surface area contributed by atoms with Crippen LogP contribution in [0.3, 0.4) is 0 Å². The van der Waals surface area contributed by atoms with Crippen LogP contribution in [0.2, 0.25) is 0 Å². The molecule has 0 saturated heterocycles. The molecule has 0 saturated carbocycles. The van der Waals surface area contributed by atoms with Crippen LogP contribution >= 0.6 is 11.3 Å². The number of thiazole rings is 1. The molecule has 0 aliphatic heterocycles. The number of aliphatic carboxylic acids is 1. The molecule has 1 aliphatic rings. The largest absolute Gasteiger partial charge is 0.489 e. The van der Waals surface area contributed by atoms with Gasteiger partial charge in [-0.05, 0) is 92.0 Å². The van der Waals surface area contributed by atoms with E-state index in [2.05, 4.69) is 30.1 Å². The van der Waals surface area contributed by atoms with Gasteiger partial charge in [-0.2, -0.15) is 0 Å². The molecule has 0 unspecified atom stereocenters. The molecule has 5 heteroatoms. The Morgan fingerprint density at radius 3 is 2.71 bits per heavy atom. The van der Waals surface area contributed by atoms with Crippen LogP contribution in [-0.4, -0.2) is 22.7 Å². The molecule has 162 valence electrons. The fraction of sp³-hybridized carbons (Fsp3) is 0.385. The van der Waals surface area contributed by atoms with E-state index in [4.69, 9.17) is 9.84 Å². The van der Waals surface area contributed by atoms with Crippen molar-refractivity contribution in [3.05, 3.63) is 64.2 Å². The number of carbonyl (C=O) groups is 1. The van der Waals surface area contributed by atoms with Gasteiger partial charge in [0.2, 0.25) is 0 Å². The number of fused-ring (bicyclic) bond motifs is 1. The van der Waals surface area contributed by atoms with E-state index >= 15 is 0 Å². The van der Waals surface area contributed by atoms with Crippen molar-refractivity contribution >= 4 is 33.1 Å². The molecule has 0 atom stereocenters. The molecule has 4 rings (SSSR count). The molecule has 1 heterocycles. The number of ether oxygens (including phenoxy) is 1. The van der Waals surface area contributed by atoms with E-state index in [0.29, 0.717) is 13.0 Å². The topological polar surface area (TPSA) is 59.4 Å². The summed E-state index contributed by atoms with van der Waals surface area (Å²) in [6.07, 6.45) is 7.51. The zero-order valence-corrected chi connectivity index (χ0v) is 18.8. The molecule has 3 aromatic rings. The van der Waals surface area contributed by atoms with Crippen LogP contribution < -0.4 is 4.74 Å². The van der Waals surface area contributed by atoms with Gasteiger partial charge in [0.05, 0.1) is 15.2 Å². The number of aromatic nitrogens is 1. The van der Waals surface area contributed by atoms with Crippen molar-refractivity contribution in [3.8, 4) is 5.75 Å². The molecule has 0 spiro atoms. The molecular weight excluding hydrogens is 406 g/mol. The normalized spacial score (nSPS) is 14.6. The van der Waals surface area contributed by atoms with Crippen molar-refractivity contribution in [2.24, 2.45) is 0 Å². The third-order valence-electron chi connectivity index (χ3n) is 5.87. The van der Waals surface area contributed by atoms with Crippen LogP contribution in [-0.2, 0) is 11.2 Å². The molecular formula is C26H29NO3S. The van der Waals surface area contributed by atoms with E-state index in [9.17, 15) is 4.79 Å². The first-order valence-electron chi connectivity index (χ1n) is 11.1. The Morgan fingerprint density at radius 1 is 1.10 bits per heavy atom. The second-order valence-corrected chi connectivity index (χ2v) is 9.47. The Balaban J connectivity index is 1.47. The first kappa shape index (κ1) is 21.6. The predicted molar refractivity (Wildman–Crippen MR) is 127 cm³/mol. The number of aryl methyl sites for hydroxylation is 2. The highest BCUT2D eigenvalue weighted by Gasteiger charge is 2.15. The molecule has 31 heavy (non-hydrogen) atoms. The molecule has 4 nitrogen and oxygen atoms in total. The van der Waals surface area contributed by atoms with Crippen LogP contribution in [0.25, 0.3) is 15.8 Å². The Hall–Kier alpha value is -2.66. The Morgan fingerprint density at radius 2 is 1.90 bits per heavy atom. The van der Waals surface area contributed by atoms with Crippen LogP contribution in [0, 0.1) is 6.92 Å². The minimum absolute atomic E-state index is 0.210. The molecule has 0 bridgehead atoms. The summed E-state index contributed by atoms with van der Waals surface area (Å²) in [5, 5.41) is 9.89. The third kappa shape index (κ3) is 5.73. The number of hydrogen-bond donors (Lipinski definition) is 1. The van der Waals surface area contributed by atoms with Gasteiger partial charge in [-0.25, -0.2) is 4.98 Å². The molecule has 1 aromatic heterocycles. The molecule has 2 aromatic carbocycles. The molecule has 0 fully saturated rings. The first-order valence-corrected chi connectivity index (χ1v) is 11.9. The summed E-state index contributed by atoms with van der Waals surface area (Å²) in [4.78, 5) is 15.4. The summed E-state index contributed by atoms with van der Waals surface area (Å²) in [5.41, 5.74) is 6.35. The van der Waals surface area contributed by atoms with Gasteiger partial charge in [-0.3, -0.25) is 4.79 Å². The van der Waals surface area contributed by atoms with E-state index in [-0.39, 0.29) is 6.42 Å². The monoisotopic (exact) mass is 435 g/mol. The zero-order valence-electron chi connectivity index (χ0n) is 18.0. The second kappa shape index (κ2) is 10.1. The number of hydrogen-bond acceptors (Lipinski definition) is 4. The highest BCUT2D eigenvalue weighted by Crippen LogP contribution is 2.34. The average molecular weight is 436 g/mol. The van der Waals surface area contributed by atoms with Crippen molar-refractivity contribution in [1.82, 2.24) is 4.98 Å². The highest BCUT2D eigenvalue weighted by molar-refractivity contribution is 7.18. The summed E-state index contributed by atoms with van der Waals surface area (Å²) in [6, 6.07) is 14.8. The lowest BCUT2D eigenvalue weighted by molar-refractivity contribution is -0.137. The lowest BCUT2D eigenvalue weighted by atomic mass is 9.96. The summed E-state index contributed by atoms with van der Waals surface area (Å²) in [5.74, 6) is 0.125. The van der Waals surface area contributed by atoms with E-state index < -0.39 is 5.97 Å². The van der Waals surface area contributed by atoms with Crippen LogP contribution in [0.15, 0.2) is 48.0 Å². The summed E-state index contributed by atoms with van der Waals surface area (Å²) >= 11 is 1.75. The average Bonchev–Trinajstić information content (AvgIpc) is 2.97. The van der Waals surface area contributed by atoms with Crippen molar-refractivity contribution in [2.45, 2.75) is 58.3 Å². The Kier molecular flexibility index (Phi) is 7.03. The number of allylic oxidation sites excluding steroid dienone is 1. The number of rotatable bonds is 8. The zero-order chi connectivity index (χ0) is 21.6. The molecule has 0 radical (unpaired) electrons. The summed E-state index contributed by atoms with van der Waals surface area (Å²) in [7, 11) is 0. The highest BCUT2D eigenvalue weighted by atomic mass is 32.1. The van der Waals surface area contributed by atoms with Gasteiger partial charge >= 0.3 is 5.97 Å². The maximum atomic E-state index is 10.7. The number of carboxylic acid groups (broad SMARTS) is 1. The first-order chi connectivity index (χ1) is 15.1. The Bertz CT molecular complexity index is 1080. The maximum Gasteiger partial charge on any atom is 0.303 e. The standard InChI is InChI=1S/C26H29NO3S/c1-18-27-24-16-20(12-15-25(24)31-18)23-8-4-2-3-7-21(23)17-30-22-13-10-19(11-14-22)6-5-9-26(28)29/h10-16H,2-9,17H2,1H3,(H,28,29). The summed E-state index contributed by atoms with van der Waals surface area (Å²) < 4.78 is 7.42. The molecule has 0 amide bonds. The number of nitrogens with zero attached hydrogens (tertiary/aromatic N) is 1.